The summed E-state index contributed by atoms with van der Waals surface area (Å²) in [5, 5.41) is 10.3. The predicted molar refractivity (Wildman–Crippen MR) is 61.9 cm³/mol. The maximum Gasteiger partial charge on any atom is 0.416 e. The van der Waals surface area contributed by atoms with Crippen molar-refractivity contribution >= 4 is 17.6 Å². The highest BCUT2D eigenvalue weighted by Gasteiger charge is 2.37. The molecule has 1 amide bonds. The molecule has 1 unspecified atom stereocenters. The monoisotopic (exact) mass is 329 g/mol. The Bertz CT molecular complexity index is 561. The molecule has 0 fully saturated rings. The van der Waals surface area contributed by atoms with Crippen molar-refractivity contribution in [3.05, 3.63) is 29.3 Å². The summed E-state index contributed by atoms with van der Waals surface area (Å²) in [6.45, 7) is 0.940. The van der Waals surface area contributed by atoms with Crippen LogP contribution in [0.3, 0.4) is 0 Å². The van der Waals surface area contributed by atoms with Crippen LogP contribution in [0, 0.1) is 5.92 Å². The number of anilines is 1. The van der Waals surface area contributed by atoms with Crippen molar-refractivity contribution in [1.82, 2.24) is 0 Å². The molecule has 0 spiro atoms. The lowest BCUT2D eigenvalue weighted by Crippen LogP contribution is -2.27. The number of amides is 1. The van der Waals surface area contributed by atoms with Gasteiger partial charge in [-0.05, 0) is 25.1 Å². The van der Waals surface area contributed by atoms with Gasteiger partial charge in [-0.1, -0.05) is 0 Å². The summed E-state index contributed by atoms with van der Waals surface area (Å²) >= 11 is 0. The molecule has 0 aromatic heterocycles. The highest BCUT2D eigenvalue weighted by Crippen LogP contribution is 2.37. The Balaban J connectivity index is 3.25. The molecular weight excluding hydrogens is 320 g/mol. The average Bonchev–Trinajstić information content (AvgIpc) is 2.35. The molecule has 22 heavy (non-hydrogen) atoms. The number of carboxylic acid groups (broad SMARTS) is 1. The lowest BCUT2D eigenvalue weighted by molar-refractivity contribution is -0.146. The number of hydrogen-bond donors (Lipinski definition) is 2. The molecule has 0 saturated heterocycles. The van der Waals surface area contributed by atoms with E-state index in [0.29, 0.717) is 12.1 Å². The number of rotatable bonds is 3. The van der Waals surface area contributed by atoms with Crippen molar-refractivity contribution in [2.75, 3.05) is 5.32 Å². The number of carbonyl (C=O) groups excluding carboxylic acids is 1. The van der Waals surface area contributed by atoms with Crippen molar-refractivity contribution in [2.45, 2.75) is 19.3 Å². The number of hydrogen-bond acceptors (Lipinski definition) is 2. The zero-order valence-electron chi connectivity index (χ0n) is 10.8. The topological polar surface area (TPSA) is 66.4 Å². The first kappa shape index (κ1) is 17.8. The largest absolute Gasteiger partial charge is 0.481 e. The normalized spacial score (nSPS) is 13.6. The predicted octanol–water partition coefficient (Wildman–Crippen LogP) is 3.38. The number of alkyl halides is 6. The maximum atomic E-state index is 12.6. The zero-order chi connectivity index (χ0) is 17.3. The van der Waals surface area contributed by atoms with Gasteiger partial charge in [0.05, 0.1) is 11.1 Å². The fourth-order valence-electron chi connectivity index (χ4n) is 1.39. The first-order chi connectivity index (χ1) is 9.82. The number of carbonyl (C=O) groups is 2. The lowest BCUT2D eigenvalue weighted by Gasteiger charge is -2.15. The quantitative estimate of drug-likeness (QED) is 0.660. The van der Waals surface area contributed by atoms with E-state index in [-0.39, 0.29) is 6.07 Å². The summed E-state index contributed by atoms with van der Waals surface area (Å²) in [4.78, 5) is 22.0. The summed E-state index contributed by atoms with van der Waals surface area (Å²) in [6, 6.07) is 0.486. The Hall–Kier alpha value is -2.26. The highest BCUT2D eigenvalue weighted by atomic mass is 19.4. The van der Waals surface area contributed by atoms with E-state index in [9.17, 15) is 35.9 Å². The first-order valence-corrected chi connectivity index (χ1v) is 5.65. The van der Waals surface area contributed by atoms with Crippen molar-refractivity contribution in [2.24, 2.45) is 5.92 Å². The molecule has 0 aliphatic rings. The Morgan fingerprint density at radius 2 is 1.41 bits per heavy atom. The number of aliphatic carboxylic acids is 1. The summed E-state index contributed by atoms with van der Waals surface area (Å²) in [6.07, 6.45) is -10.1. The van der Waals surface area contributed by atoms with E-state index in [4.69, 9.17) is 5.11 Å². The van der Waals surface area contributed by atoms with Gasteiger partial charge in [-0.15, -0.1) is 0 Å². The van der Waals surface area contributed by atoms with Crippen molar-refractivity contribution in [3.8, 4) is 0 Å². The van der Waals surface area contributed by atoms with Crippen LogP contribution >= 0.6 is 0 Å². The maximum absolute atomic E-state index is 12.6. The molecule has 0 heterocycles. The van der Waals surface area contributed by atoms with Gasteiger partial charge in [-0.3, -0.25) is 9.59 Å². The Kier molecular flexibility index (Phi) is 4.73. The molecule has 10 heteroatoms. The van der Waals surface area contributed by atoms with Crippen LogP contribution in [0.5, 0.6) is 0 Å². The number of halogens is 6. The molecule has 0 aliphatic heterocycles. The third-order valence-electron chi connectivity index (χ3n) is 2.62. The van der Waals surface area contributed by atoms with Gasteiger partial charge in [0, 0.05) is 5.69 Å². The van der Waals surface area contributed by atoms with Crippen LogP contribution < -0.4 is 5.32 Å². The Morgan fingerprint density at radius 1 is 1.00 bits per heavy atom. The van der Waals surface area contributed by atoms with E-state index in [1.165, 1.54) is 0 Å². The van der Waals surface area contributed by atoms with Crippen LogP contribution in [0.2, 0.25) is 0 Å². The molecule has 0 saturated carbocycles. The van der Waals surface area contributed by atoms with Crippen LogP contribution in [0.25, 0.3) is 0 Å². The third-order valence-corrected chi connectivity index (χ3v) is 2.62. The van der Waals surface area contributed by atoms with E-state index in [1.54, 1.807) is 5.32 Å². The molecule has 1 rings (SSSR count). The van der Waals surface area contributed by atoms with Crippen molar-refractivity contribution in [1.29, 1.82) is 0 Å². The standard InChI is InChI=1S/C12H9F6NO3/c1-5(10(21)22)9(20)19-8-3-6(11(13,14)15)2-7(4-8)12(16,17)18/h2-5H,1H3,(H,19,20)(H,21,22). The van der Waals surface area contributed by atoms with Gasteiger partial charge in [0.15, 0.2) is 0 Å². The molecular formula is C12H9F6NO3. The minimum Gasteiger partial charge on any atom is -0.481 e. The van der Waals surface area contributed by atoms with E-state index < -0.39 is 47.0 Å². The SMILES string of the molecule is CC(C(=O)O)C(=O)Nc1cc(C(F)(F)F)cc(C(F)(F)F)c1. The summed E-state index contributed by atoms with van der Waals surface area (Å²) in [7, 11) is 0. The molecule has 2 N–H and O–H groups in total. The van der Waals surface area contributed by atoms with Gasteiger partial charge in [-0.25, -0.2) is 0 Å². The number of benzene rings is 1. The summed E-state index contributed by atoms with van der Waals surface area (Å²) in [5.41, 5.74) is -4.01. The third kappa shape index (κ3) is 4.37. The molecule has 0 aliphatic carbocycles. The summed E-state index contributed by atoms with van der Waals surface area (Å²) < 4.78 is 75.5. The van der Waals surface area contributed by atoms with Crippen LogP contribution in [0.1, 0.15) is 18.1 Å². The molecule has 122 valence electrons. The number of carboxylic acids is 1. The van der Waals surface area contributed by atoms with Crippen molar-refractivity contribution in [3.63, 3.8) is 0 Å². The molecule has 1 aromatic carbocycles. The van der Waals surface area contributed by atoms with Crippen LogP contribution in [-0.2, 0) is 21.9 Å². The fourth-order valence-corrected chi connectivity index (χ4v) is 1.39. The van der Waals surface area contributed by atoms with Gasteiger partial charge in [0.25, 0.3) is 0 Å². The smallest absolute Gasteiger partial charge is 0.416 e. The number of nitrogens with one attached hydrogen (secondary N) is 1. The lowest BCUT2D eigenvalue weighted by atomic mass is 10.1. The molecule has 4 nitrogen and oxygen atoms in total. The van der Waals surface area contributed by atoms with Crippen LogP contribution in [-0.4, -0.2) is 17.0 Å². The highest BCUT2D eigenvalue weighted by molar-refractivity contribution is 6.03. The fraction of sp³-hybridized carbons (Fsp3) is 0.333. The average molecular weight is 329 g/mol. The first-order valence-electron chi connectivity index (χ1n) is 5.65. The minimum absolute atomic E-state index is 0.101. The molecule has 1 atom stereocenters. The molecule has 0 bridgehead atoms. The van der Waals surface area contributed by atoms with Crippen LogP contribution in [0.4, 0.5) is 32.0 Å². The van der Waals surface area contributed by atoms with E-state index in [0.717, 1.165) is 6.92 Å². The van der Waals surface area contributed by atoms with Crippen LogP contribution in [0.15, 0.2) is 18.2 Å². The van der Waals surface area contributed by atoms with E-state index >= 15 is 0 Å². The Labute approximate surface area is 119 Å². The van der Waals surface area contributed by atoms with E-state index in [1.807, 2.05) is 0 Å². The Morgan fingerprint density at radius 3 is 1.73 bits per heavy atom. The van der Waals surface area contributed by atoms with Gasteiger partial charge in [0.1, 0.15) is 5.92 Å². The minimum atomic E-state index is -5.06. The second kappa shape index (κ2) is 5.85. The van der Waals surface area contributed by atoms with Crippen molar-refractivity contribution < 1.29 is 41.0 Å². The second-order valence-corrected chi connectivity index (χ2v) is 4.34. The molecule has 0 radical (unpaired) electrons. The van der Waals surface area contributed by atoms with Gasteiger partial charge in [-0.2, -0.15) is 26.3 Å². The zero-order valence-corrected chi connectivity index (χ0v) is 10.8. The van der Waals surface area contributed by atoms with Gasteiger partial charge in [0.2, 0.25) is 5.91 Å². The van der Waals surface area contributed by atoms with E-state index in [2.05, 4.69) is 0 Å². The van der Waals surface area contributed by atoms with Gasteiger partial charge < -0.3 is 10.4 Å². The van der Waals surface area contributed by atoms with Gasteiger partial charge >= 0.3 is 18.3 Å². The second-order valence-electron chi connectivity index (χ2n) is 4.34. The molecule has 1 aromatic rings. The summed E-state index contributed by atoms with van der Waals surface area (Å²) in [5.74, 6) is -4.44.